The molecule has 0 fully saturated rings. The first kappa shape index (κ1) is 27.6. The number of imidazole rings is 2. The van der Waals surface area contributed by atoms with Crippen molar-refractivity contribution in [2.45, 2.75) is 38.2 Å². The summed E-state index contributed by atoms with van der Waals surface area (Å²) in [6.07, 6.45) is 2.04. The number of hydrogen-bond acceptors (Lipinski definition) is 4. The molecule has 3 aromatic heterocycles. The summed E-state index contributed by atoms with van der Waals surface area (Å²) in [5.74, 6) is 0.805. The zero-order chi connectivity index (χ0) is 30.7. The number of fused-ring (bicyclic) bond motifs is 8. The largest absolute Gasteiger partial charge is 0.377 e. The van der Waals surface area contributed by atoms with Gasteiger partial charge in [0, 0.05) is 23.1 Å². The van der Waals surface area contributed by atoms with E-state index in [1.165, 1.54) is 3.97 Å². The maximum atomic E-state index is 14.3. The van der Waals surface area contributed by atoms with E-state index in [1.54, 1.807) is 12.1 Å². The Hall–Kier alpha value is -4.92. The lowest BCUT2D eigenvalue weighted by molar-refractivity contribution is 0.118. The van der Waals surface area contributed by atoms with Gasteiger partial charge in [-0.2, -0.15) is 0 Å². The second-order valence-electron chi connectivity index (χ2n) is 11.6. The standard InChI is InChI=1S/C37H32N4O3S/c1-3-4-21-44-24-26-15-19-29-30-23-27(16-20-32(30)41(36(29)22-26)45(42,43)28-17-13-25(2)14-18-28)39-34-11-7-8-12-35(34)40-33-10-6-5-9-31(33)38-37(39)40/h5-20,22-23H,3-4,21,24H2,1-2H3. The van der Waals surface area contributed by atoms with Gasteiger partial charge in [-0.1, -0.05) is 67.4 Å². The summed E-state index contributed by atoms with van der Waals surface area (Å²) in [7, 11) is -3.91. The number of benzene rings is 5. The number of ether oxygens (including phenoxy) is 1. The molecule has 8 rings (SSSR count). The monoisotopic (exact) mass is 612 g/mol. The third-order valence-corrected chi connectivity index (χ3v) is 10.3. The number of aryl methyl sites for hydroxylation is 1. The summed E-state index contributed by atoms with van der Waals surface area (Å²) >= 11 is 0. The van der Waals surface area contributed by atoms with Gasteiger partial charge in [-0.15, -0.1) is 0 Å². The van der Waals surface area contributed by atoms with Crippen molar-refractivity contribution < 1.29 is 13.2 Å². The Balaban J connectivity index is 1.38. The topological polar surface area (TPSA) is 70.5 Å². The Labute approximate surface area is 261 Å². The molecule has 7 nitrogen and oxygen atoms in total. The quantitative estimate of drug-likeness (QED) is 0.162. The maximum Gasteiger partial charge on any atom is 0.268 e. The van der Waals surface area contributed by atoms with Gasteiger partial charge in [0.05, 0.1) is 44.6 Å². The predicted octanol–water partition coefficient (Wildman–Crippen LogP) is 8.40. The lowest BCUT2D eigenvalue weighted by Crippen LogP contribution is -2.13. The lowest BCUT2D eigenvalue weighted by atomic mass is 10.1. The van der Waals surface area contributed by atoms with Gasteiger partial charge in [0.25, 0.3) is 10.0 Å². The van der Waals surface area contributed by atoms with E-state index in [1.807, 2.05) is 79.7 Å². The van der Waals surface area contributed by atoms with E-state index < -0.39 is 10.0 Å². The fourth-order valence-electron chi connectivity index (χ4n) is 6.36. The number of rotatable bonds is 8. The Kier molecular flexibility index (Phi) is 6.51. The Morgan fingerprint density at radius 3 is 2.29 bits per heavy atom. The number of nitrogens with zero attached hydrogens (tertiary/aromatic N) is 4. The van der Waals surface area contributed by atoms with Crippen LogP contribution in [0.1, 0.15) is 30.9 Å². The van der Waals surface area contributed by atoms with E-state index in [0.717, 1.165) is 68.3 Å². The van der Waals surface area contributed by atoms with E-state index in [-0.39, 0.29) is 4.90 Å². The van der Waals surface area contributed by atoms with Gasteiger partial charge >= 0.3 is 0 Å². The number of aromatic nitrogens is 4. The van der Waals surface area contributed by atoms with Crippen LogP contribution in [0.2, 0.25) is 0 Å². The van der Waals surface area contributed by atoms with Crippen LogP contribution < -0.4 is 0 Å². The van der Waals surface area contributed by atoms with Crippen LogP contribution >= 0.6 is 0 Å². The van der Waals surface area contributed by atoms with Crippen LogP contribution in [0.25, 0.3) is 55.3 Å². The summed E-state index contributed by atoms with van der Waals surface area (Å²) in [6.45, 7) is 5.18. The molecule has 0 aliphatic heterocycles. The van der Waals surface area contributed by atoms with E-state index in [2.05, 4.69) is 40.2 Å². The van der Waals surface area contributed by atoms with Gasteiger partial charge < -0.3 is 4.74 Å². The van der Waals surface area contributed by atoms with Gasteiger partial charge in [0.2, 0.25) is 5.78 Å². The molecule has 0 spiro atoms. The molecule has 0 radical (unpaired) electrons. The molecule has 0 atom stereocenters. The summed E-state index contributed by atoms with van der Waals surface area (Å²) in [6, 6.07) is 35.5. The number of hydrogen-bond donors (Lipinski definition) is 0. The van der Waals surface area contributed by atoms with Crippen molar-refractivity contribution in [2.75, 3.05) is 6.61 Å². The average Bonchev–Trinajstić information content (AvgIpc) is 3.69. The second-order valence-corrected chi connectivity index (χ2v) is 13.4. The highest BCUT2D eigenvalue weighted by molar-refractivity contribution is 7.90. The lowest BCUT2D eigenvalue weighted by Gasteiger charge is -2.11. The van der Waals surface area contributed by atoms with Gasteiger partial charge in [-0.3, -0.25) is 8.97 Å². The molecule has 0 saturated carbocycles. The van der Waals surface area contributed by atoms with Crippen molar-refractivity contribution in [3.05, 3.63) is 120 Å². The number of para-hydroxylation sites is 4. The van der Waals surface area contributed by atoms with E-state index in [9.17, 15) is 8.42 Å². The van der Waals surface area contributed by atoms with Crippen molar-refractivity contribution in [3.8, 4) is 5.69 Å². The molecule has 8 heteroatoms. The molecule has 0 bridgehead atoms. The molecule has 0 amide bonds. The molecular formula is C37H32N4O3S. The SMILES string of the molecule is CCCCOCc1ccc2c3cc(-n4c5ccccc5n5c6ccccc6nc45)ccc3n(S(=O)(=O)c3ccc(C)cc3)c2c1. The van der Waals surface area contributed by atoms with Gasteiger partial charge in [0.1, 0.15) is 0 Å². The predicted molar refractivity (Wildman–Crippen MR) is 181 cm³/mol. The third-order valence-electron chi connectivity index (χ3n) is 8.61. The van der Waals surface area contributed by atoms with Crippen LogP contribution in [0.5, 0.6) is 0 Å². The van der Waals surface area contributed by atoms with Crippen molar-refractivity contribution in [3.63, 3.8) is 0 Å². The van der Waals surface area contributed by atoms with Crippen LogP contribution in [0.3, 0.4) is 0 Å². The average molecular weight is 613 g/mol. The molecule has 0 unspecified atom stereocenters. The molecule has 8 aromatic rings. The van der Waals surface area contributed by atoms with E-state index >= 15 is 0 Å². The van der Waals surface area contributed by atoms with Crippen LogP contribution in [-0.4, -0.2) is 32.9 Å². The first-order valence-electron chi connectivity index (χ1n) is 15.3. The molecule has 45 heavy (non-hydrogen) atoms. The fourth-order valence-corrected chi connectivity index (χ4v) is 7.88. The Morgan fingerprint density at radius 1 is 0.733 bits per heavy atom. The summed E-state index contributed by atoms with van der Waals surface area (Å²) in [4.78, 5) is 5.28. The van der Waals surface area contributed by atoms with Crippen molar-refractivity contribution >= 4 is 59.7 Å². The van der Waals surface area contributed by atoms with Gasteiger partial charge in [-0.05, 0) is 79.6 Å². The van der Waals surface area contributed by atoms with Crippen molar-refractivity contribution in [2.24, 2.45) is 0 Å². The van der Waals surface area contributed by atoms with E-state index in [4.69, 9.17) is 9.72 Å². The Bertz CT molecular complexity index is 2500. The minimum Gasteiger partial charge on any atom is -0.377 e. The Morgan fingerprint density at radius 2 is 1.49 bits per heavy atom. The summed E-state index contributed by atoms with van der Waals surface area (Å²) < 4.78 is 40.4. The zero-order valence-electron chi connectivity index (χ0n) is 25.1. The highest BCUT2D eigenvalue weighted by atomic mass is 32.2. The number of unbranched alkanes of at least 4 members (excludes halogenated alkanes) is 1. The highest BCUT2D eigenvalue weighted by Gasteiger charge is 2.25. The third kappa shape index (κ3) is 4.35. The molecule has 0 saturated heterocycles. The minimum atomic E-state index is -3.91. The summed E-state index contributed by atoms with van der Waals surface area (Å²) in [5.41, 5.74) is 8.13. The van der Waals surface area contributed by atoms with E-state index in [0.29, 0.717) is 24.2 Å². The molecular weight excluding hydrogens is 580 g/mol. The molecule has 0 aliphatic carbocycles. The van der Waals surface area contributed by atoms with Crippen LogP contribution in [0.15, 0.2) is 114 Å². The summed E-state index contributed by atoms with van der Waals surface area (Å²) in [5, 5.41) is 1.71. The molecule has 224 valence electrons. The first-order valence-corrected chi connectivity index (χ1v) is 16.7. The first-order chi connectivity index (χ1) is 22.0. The zero-order valence-corrected chi connectivity index (χ0v) is 26.0. The molecule has 5 aromatic carbocycles. The highest BCUT2D eigenvalue weighted by Crippen LogP contribution is 2.36. The van der Waals surface area contributed by atoms with Gasteiger partial charge in [0.15, 0.2) is 0 Å². The molecule has 3 heterocycles. The second kappa shape index (κ2) is 10.6. The normalized spacial score (nSPS) is 12.4. The van der Waals surface area contributed by atoms with Crippen LogP contribution in [-0.2, 0) is 21.4 Å². The minimum absolute atomic E-state index is 0.253. The molecule has 0 aliphatic rings. The van der Waals surface area contributed by atoms with Crippen molar-refractivity contribution in [1.29, 1.82) is 0 Å². The van der Waals surface area contributed by atoms with Gasteiger partial charge in [-0.25, -0.2) is 17.4 Å². The van der Waals surface area contributed by atoms with Crippen LogP contribution in [0, 0.1) is 6.92 Å². The van der Waals surface area contributed by atoms with Crippen LogP contribution in [0.4, 0.5) is 0 Å². The van der Waals surface area contributed by atoms with Crippen molar-refractivity contribution in [1.82, 2.24) is 17.9 Å². The smallest absolute Gasteiger partial charge is 0.268 e. The molecule has 0 N–H and O–H groups in total. The maximum absolute atomic E-state index is 14.3. The fraction of sp³-hybridized carbons (Fsp3) is 0.162.